The molecule has 0 heterocycles. The first kappa shape index (κ1) is 28.1. The molecule has 3 aromatic rings. The lowest BCUT2D eigenvalue weighted by Gasteiger charge is -2.18. The van der Waals surface area contributed by atoms with Crippen molar-refractivity contribution < 1.29 is 23.8 Å². The standard InChI is InChI=1S/C32H38N2O5/c1-5-37-30(35)28(23-14-16-27(17-15-23)38-26-8-6-7-9-26)19-21-10-11-22-12-13-24(20-25(22)18-21)29(33)34-31(36)39-32(2,3)4/h10-18,20,26,28H,5-9,19H2,1-4H3,(H2,33,34,36). The number of hydrogen-bond acceptors (Lipinski definition) is 5. The van der Waals surface area contributed by atoms with Crippen LogP contribution in [0.1, 0.15) is 76.0 Å². The van der Waals surface area contributed by atoms with Crippen molar-refractivity contribution in [3.05, 3.63) is 77.4 Å². The molecule has 0 bridgehead atoms. The van der Waals surface area contributed by atoms with E-state index < -0.39 is 17.6 Å². The molecular formula is C32H38N2O5. The van der Waals surface area contributed by atoms with E-state index in [0.29, 0.717) is 18.6 Å². The largest absolute Gasteiger partial charge is 0.490 e. The number of nitrogens with zero attached hydrogens (tertiary/aromatic N) is 1. The van der Waals surface area contributed by atoms with Crippen LogP contribution in [0.3, 0.4) is 0 Å². The molecule has 4 rings (SSSR count). The molecule has 0 spiro atoms. The Morgan fingerprint density at radius 1 is 0.974 bits per heavy atom. The van der Waals surface area contributed by atoms with Crippen molar-refractivity contribution >= 4 is 28.7 Å². The molecule has 1 fully saturated rings. The zero-order chi connectivity index (χ0) is 28.0. The number of hydrogen-bond donors (Lipinski definition) is 1. The minimum atomic E-state index is -0.731. The first-order chi connectivity index (χ1) is 18.6. The number of amides is 1. The minimum absolute atomic E-state index is 0.0841. The maximum Gasteiger partial charge on any atom is 0.436 e. The van der Waals surface area contributed by atoms with Crippen LogP contribution in [0.15, 0.2) is 65.7 Å². The SMILES string of the molecule is CCOC(=O)C(Cc1ccc2ccc(/C(N)=N/C(=O)OC(C)(C)C)cc2c1)c1ccc(OC2CCCC2)cc1. The number of benzene rings is 3. The maximum atomic E-state index is 13.0. The topological polar surface area (TPSA) is 100 Å². The van der Waals surface area contributed by atoms with Crippen LogP contribution in [0.25, 0.3) is 10.8 Å². The molecule has 2 N–H and O–H groups in total. The quantitative estimate of drug-likeness (QED) is 0.198. The molecule has 1 amide bonds. The molecule has 0 saturated heterocycles. The van der Waals surface area contributed by atoms with E-state index in [1.165, 1.54) is 12.8 Å². The Labute approximate surface area is 230 Å². The number of fused-ring (bicyclic) bond motifs is 1. The van der Waals surface area contributed by atoms with Gasteiger partial charge in [0.1, 0.15) is 17.2 Å². The highest BCUT2D eigenvalue weighted by atomic mass is 16.6. The van der Waals surface area contributed by atoms with Crippen LogP contribution in [0.5, 0.6) is 5.75 Å². The van der Waals surface area contributed by atoms with Crippen molar-refractivity contribution in [3.63, 3.8) is 0 Å². The highest BCUT2D eigenvalue weighted by molar-refractivity contribution is 6.05. The van der Waals surface area contributed by atoms with Gasteiger partial charge in [-0.15, -0.1) is 0 Å². The second kappa shape index (κ2) is 12.3. The van der Waals surface area contributed by atoms with Gasteiger partial charge in [-0.1, -0.05) is 42.5 Å². The lowest BCUT2D eigenvalue weighted by atomic mass is 9.91. The Bertz CT molecular complexity index is 1330. The van der Waals surface area contributed by atoms with Crippen molar-refractivity contribution in [1.29, 1.82) is 0 Å². The second-order valence-corrected chi connectivity index (χ2v) is 11.0. The second-order valence-electron chi connectivity index (χ2n) is 11.0. The number of carbonyl (C=O) groups excluding carboxylic acids is 2. The van der Waals surface area contributed by atoms with Crippen molar-refractivity contribution in [1.82, 2.24) is 0 Å². The monoisotopic (exact) mass is 530 g/mol. The van der Waals surface area contributed by atoms with Gasteiger partial charge in [0, 0.05) is 5.56 Å². The molecule has 1 aliphatic rings. The van der Waals surface area contributed by atoms with Crippen LogP contribution in [0.2, 0.25) is 0 Å². The third-order valence-electron chi connectivity index (χ3n) is 6.70. The Balaban J connectivity index is 1.55. The van der Waals surface area contributed by atoms with Crippen LogP contribution in [-0.4, -0.2) is 36.2 Å². The number of rotatable bonds is 8. The summed E-state index contributed by atoms with van der Waals surface area (Å²) in [5.41, 5.74) is 7.94. The lowest BCUT2D eigenvalue weighted by Crippen LogP contribution is -2.24. The van der Waals surface area contributed by atoms with Crippen LogP contribution >= 0.6 is 0 Å². The number of esters is 1. The summed E-state index contributed by atoms with van der Waals surface area (Å²) in [6, 6.07) is 19.5. The first-order valence-electron chi connectivity index (χ1n) is 13.6. The van der Waals surface area contributed by atoms with Gasteiger partial charge in [-0.2, -0.15) is 4.99 Å². The molecule has 206 valence electrons. The molecule has 3 aromatic carbocycles. The van der Waals surface area contributed by atoms with E-state index in [2.05, 4.69) is 4.99 Å². The molecule has 1 atom stereocenters. The number of nitrogens with two attached hydrogens (primary N) is 1. The van der Waals surface area contributed by atoms with Crippen molar-refractivity contribution in [2.75, 3.05) is 6.61 Å². The van der Waals surface area contributed by atoms with Crippen LogP contribution in [-0.2, 0) is 20.7 Å². The summed E-state index contributed by atoms with van der Waals surface area (Å²) < 4.78 is 16.8. The van der Waals surface area contributed by atoms with Gasteiger partial charge in [0.05, 0.1) is 18.6 Å². The molecule has 7 heteroatoms. The fourth-order valence-corrected chi connectivity index (χ4v) is 4.82. The zero-order valence-corrected chi connectivity index (χ0v) is 23.2. The van der Waals surface area contributed by atoms with Gasteiger partial charge < -0.3 is 19.9 Å². The summed E-state index contributed by atoms with van der Waals surface area (Å²) in [5.74, 6) is 0.201. The molecule has 1 unspecified atom stereocenters. The van der Waals surface area contributed by atoms with Crippen LogP contribution < -0.4 is 10.5 Å². The predicted octanol–water partition coefficient (Wildman–Crippen LogP) is 6.69. The molecule has 0 aromatic heterocycles. The Hall–Kier alpha value is -3.87. The Morgan fingerprint density at radius 2 is 1.67 bits per heavy atom. The van der Waals surface area contributed by atoms with Gasteiger partial charge in [0.15, 0.2) is 0 Å². The average Bonchev–Trinajstić information content (AvgIpc) is 3.39. The molecule has 1 saturated carbocycles. The predicted molar refractivity (Wildman–Crippen MR) is 153 cm³/mol. The van der Waals surface area contributed by atoms with E-state index in [1.54, 1.807) is 20.8 Å². The third-order valence-corrected chi connectivity index (χ3v) is 6.70. The van der Waals surface area contributed by atoms with Crippen LogP contribution in [0.4, 0.5) is 4.79 Å². The lowest BCUT2D eigenvalue weighted by molar-refractivity contribution is -0.144. The number of carbonyl (C=O) groups is 2. The Kier molecular flexibility index (Phi) is 8.90. The van der Waals surface area contributed by atoms with E-state index in [1.807, 2.05) is 67.6 Å². The van der Waals surface area contributed by atoms with Crippen molar-refractivity contribution in [2.45, 2.75) is 77.4 Å². The summed E-state index contributed by atoms with van der Waals surface area (Å²) in [6.07, 6.45) is 4.63. The summed E-state index contributed by atoms with van der Waals surface area (Å²) in [4.78, 5) is 29.0. The summed E-state index contributed by atoms with van der Waals surface area (Å²) >= 11 is 0. The fourth-order valence-electron chi connectivity index (χ4n) is 4.82. The van der Waals surface area contributed by atoms with Crippen molar-refractivity contribution in [3.8, 4) is 5.75 Å². The smallest absolute Gasteiger partial charge is 0.436 e. The van der Waals surface area contributed by atoms with E-state index in [-0.39, 0.29) is 17.9 Å². The molecule has 39 heavy (non-hydrogen) atoms. The summed E-state index contributed by atoms with van der Waals surface area (Å²) in [7, 11) is 0. The molecule has 0 radical (unpaired) electrons. The molecule has 0 aliphatic heterocycles. The maximum absolute atomic E-state index is 13.0. The third kappa shape index (κ3) is 7.82. The van der Waals surface area contributed by atoms with E-state index in [0.717, 1.165) is 40.5 Å². The molecule has 1 aliphatic carbocycles. The van der Waals surface area contributed by atoms with Gasteiger partial charge in [0.25, 0.3) is 0 Å². The highest BCUT2D eigenvalue weighted by Gasteiger charge is 2.24. The minimum Gasteiger partial charge on any atom is -0.490 e. The zero-order valence-electron chi connectivity index (χ0n) is 23.2. The number of aliphatic imine (C=N–C) groups is 1. The van der Waals surface area contributed by atoms with E-state index in [9.17, 15) is 9.59 Å². The first-order valence-corrected chi connectivity index (χ1v) is 13.6. The summed E-state index contributed by atoms with van der Waals surface area (Å²) in [5, 5.41) is 1.93. The van der Waals surface area contributed by atoms with Gasteiger partial charge in [-0.05, 0) is 99.9 Å². The highest BCUT2D eigenvalue weighted by Crippen LogP contribution is 2.29. The Morgan fingerprint density at radius 3 is 2.33 bits per heavy atom. The number of amidine groups is 1. The fraction of sp³-hybridized carbons (Fsp3) is 0.406. The summed E-state index contributed by atoms with van der Waals surface area (Å²) in [6.45, 7) is 7.45. The van der Waals surface area contributed by atoms with Gasteiger partial charge in [0.2, 0.25) is 0 Å². The molecule has 7 nitrogen and oxygen atoms in total. The van der Waals surface area contributed by atoms with Gasteiger partial charge in [-0.3, -0.25) is 4.79 Å². The van der Waals surface area contributed by atoms with Crippen LogP contribution in [0, 0.1) is 0 Å². The van der Waals surface area contributed by atoms with E-state index >= 15 is 0 Å². The molecular weight excluding hydrogens is 492 g/mol. The normalized spacial score (nSPS) is 15.2. The van der Waals surface area contributed by atoms with Gasteiger partial charge >= 0.3 is 12.1 Å². The average molecular weight is 531 g/mol. The number of ether oxygens (including phenoxy) is 3. The van der Waals surface area contributed by atoms with E-state index in [4.69, 9.17) is 19.9 Å². The van der Waals surface area contributed by atoms with Gasteiger partial charge in [-0.25, -0.2) is 4.79 Å². The van der Waals surface area contributed by atoms with Crippen molar-refractivity contribution in [2.24, 2.45) is 10.7 Å².